The van der Waals surface area contributed by atoms with Gasteiger partial charge in [0, 0.05) is 11.4 Å². The van der Waals surface area contributed by atoms with Gasteiger partial charge in [-0.1, -0.05) is 19.1 Å². The summed E-state index contributed by atoms with van der Waals surface area (Å²) in [7, 11) is 0. The van der Waals surface area contributed by atoms with E-state index in [2.05, 4.69) is 0 Å². The first-order valence-electron chi connectivity index (χ1n) is 8.65. The van der Waals surface area contributed by atoms with Gasteiger partial charge in [0.1, 0.15) is 29.6 Å². The number of nitrogens with zero attached hydrogens (tertiary/aromatic N) is 1. The molecule has 2 N–H and O–H groups in total. The van der Waals surface area contributed by atoms with Gasteiger partial charge in [-0.2, -0.15) is 0 Å². The number of phenolic OH excluding ortho intramolecular Hbond substituents is 2. The van der Waals surface area contributed by atoms with Crippen LogP contribution in [0.3, 0.4) is 0 Å². The van der Waals surface area contributed by atoms with Crippen molar-refractivity contribution in [2.45, 2.75) is 19.4 Å². The SMILES string of the molecule is CCc1c(F)cccc1C(C=O)N(c1ccc(O)cc1)c1ccc(O)cc1. The molecule has 0 aromatic heterocycles. The summed E-state index contributed by atoms with van der Waals surface area (Å²) in [6.45, 7) is 1.84. The van der Waals surface area contributed by atoms with Crippen LogP contribution >= 0.6 is 0 Å². The predicted octanol–water partition coefficient (Wildman–Crippen LogP) is 4.88. The summed E-state index contributed by atoms with van der Waals surface area (Å²) in [4.78, 5) is 13.9. The van der Waals surface area contributed by atoms with Gasteiger partial charge in [-0.05, 0) is 72.1 Å². The first-order valence-corrected chi connectivity index (χ1v) is 8.65. The smallest absolute Gasteiger partial charge is 0.147 e. The van der Waals surface area contributed by atoms with Gasteiger partial charge in [-0.25, -0.2) is 4.39 Å². The number of phenols is 2. The topological polar surface area (TPSA) is 60.8 Å². The molecular formula is C22H20FNO3. The largest absolute Gasteiger partial charge is 0.508 e. The maximum absolute atomic E-state index is 14.3. The molecular weight excluding hydrogens is 345 g/mol. The van der Waals surface area contributed by atoms with Crippen molar-refractivity contribution in [3.63, 3.8) is 0 Å². The molecule has 0 bridgehead atoms. The predicted molar refractivity (Wildman–Crippen MR) is 103 cm³/mol. The van der Waals surface area contributed by atoms with Gasteiger partial charge in [0.25, 0.3) is 0 Å². The quantitative estimate of drug-likeness (QED) is 0.612. The Labute approximate surface area is 157 Å². The van der Waals surface area contributed by atoms with Crippen LogP contribution < -0.4 is 4.90 Å². The molecule has 0 aliphatic rings. The minimum Gasteiger partial charge on any atom is -0.508 e. The highest BCUT2D eigenvalue weighted by atomic mass is 19.1. The summed E-state index contributed by atoms with van der Waals surface area (Å²) in [5.41, 5.74) is 2.37. The number of carbonyl (C=O) groups is 1. The molecule has 0 heterocycles. The van der Waals surface area contributed by atoms with Crippen molar-refractivity contribution in [2.75, 3.05) is 4.90 Å². The van der Waals surface area contributed by atoms with Gasteiger partial charge < -0.3 is 19.9 Å². The zero-order chi connectivity index (χ0) is 19.4. The van der Waals surface area contributed by atoms with Crippen LogP contribution in [0.15, 0.2) is 66.7 Å². The molecule has 0 saturated carbocycles. The van der Waals surface area contributed by atoms with Crippen molar-refractivity contribution in [3.8, 4) is 11.5 Å². The number of aromatic hydroxyl groups is 2. The van der Waals surface area contributed by atoms with Gasteiger partial charge >= 0.3 is 0 Å². The van der Waals surface area contributed by atoms with Crippen LogP contribution in [0.5, 0.6) is 11.5 Å². The number of halogens is 1. The van der Waals surface area contributed by atoms with E-state index in [1.165, 1.54) is 30.3 Å². The Morgan fingerprint density at radius 2 is 1.44 bits per heavy atom. The molecule has 0 fully saturated rings. The summed E-state index contributed by atoms with van der Waals surface area (Å²) >= 11 is 0. The van der Waals surface area contributed by atoms with Crippen LogP contribution in [-0.4, -0.2) is 16.5 Å². The minimum absolute atomic E-state index is 0.104. The maximum atomic E-state index is 14.3. The second-order valence-corrected chi connectivity index (χ2v) is 6.14. The molecule has 0 spiro atoms. The number of rotatable bonds is 6. The minimum atomic E-state index is -0.773. The van der Waals surface area contributed by atoms with Crippen LogP contribution in [-0.2, 0) is 11.2 Å². The third kappa shape index (κ3) is 3.77. The number of anilines is 2. The van der Waals surface area contributed by atoms with Crippen LogP contribution in [0.25, 0.3) is 0 Å². The van der Waals surface area contributed by atoms with E-state index in [9.17, 15) is 19.4 Å². The van der Waals surface area contributed by atoms with E-state index in [1.54, 1.807) is 41.3 Å². The van der Waals surface area contributed by atoms with Crippen molar-refractivity contribution in [1.29, 1.82) is 0 Å². The molecule has 1 unspecified atom stereocenters. The number of aldehydes is 1. The Hall–Kier alpha value is -3.34. The molecule has 3 aromatic rings. The fraction of sp³-hybridized carbons (Fsp3) is 0.136. The fourth-order valence-corrected chi connectivity index (χ4v) is 3.20. The van der Waals surface area contributed by atoms with E-state index >= 15 is 0 Å². The second kappa shape index (κ2) is 7.91. The van der Waals surface area contributed by atoms with Crippen molar-refractivity contribution in [2.24, 2.45) is 0 Å². The molecule has 0 amide bonds. The number of benzene rings is 3. The van der Waals surface area contributed by atoms with Gasteiger partial charge in [-0.15, -0.1) is 0 Å². The highest BCUT2D eigenvalue weighted by Crippen LogP contribution is 2.37. The fourth-order valence-electron chi connectivity index (χ4n) is 3.20. The molecule has 1 atom stereocenters. The molecule has 138 valence electrons. The average molecular weight is 365 g/mol. The lowest BCUT2D eigenvalue weighted by molar-refractivity contribution is -0.108. The van der Waals surface area contributed by atoms with Gasteiger partial charge in [0.2, 0.25) is 0 Å². The molecule has 0 radical (unpaired) electrons. The lowest BCUT2D eigenvalue weighted by Gasteiger charge is -2.32. The zero-order valence-corrected chi connectivity index (χ0v) is 14.8. The molecule has 0 saturated heterocycles. The molecule has 27 heavy (non-hydrogen) atoms. The third-order valence-electron chi connectivity index (χ3n) is 4.49. The van der Waals surface area contributed by atoms with Gasteiger partial charge in [0.15, 0.2) is 0 Å². The van der Waals surface area contributed by atoms with E-state index < -0.39 is 6.04 Å². The standard InChI is InChI=1S/C22H20FNO3/c1-2-19-20(4-3-5-21(19)23)22(14-25)24(15-6-10-17(26)11-7-15)16-8-12-18(27)13-9-16/h3-14,22,26-27H,2H2,1H3. The van der Waals surface area contributed by atoms with E-state index in [0.29, 0.717) is 28.9 Å². The highest BCUT2D eigenvalue weighted by molar-refractivity contribution is 5.77. The van der Waals surface area contributed by atoms with Crippen LogP contribution in [0.1, 0.15) is 24.1 Å². The van der Waals surface area contributed by atoms with E-state index in [4.69, 9.17) is 0 Å². The first-order chi connectivity index (χ1) is 13.0. The summed E-state index contributed by atoms with van der Waals surface area (Å²) in [5, 5.41) is 19.2. The van der Waals surface area contributed by atoms with Crippen molar-refractivity contribution >= 4 is 17.7 Å². The number of carbonyl (C=O) groups excluding carboxylic acids is 1. The normalized spacial score (nSPS) is 11.8. The van der Waals surface area contributed by atoms with Gasteiger partial charge in [-0.3, -0.25) is 0 Å². The van der Waals surface area contributed by atoms with Crippen LogP contribution in [0, 0.1) is 5.82 Å². The lowest BCUT2D eigenvalue weighted by atomic mass is 9.96. The van der Waals surface area contributed by atoms with Crippen molar-refractivity contribution in [1.82, 2.24) is 0 Å². The maximum Gasteiger partial charge on any atom is 0.147 e. The Morgan fingerprint density at radius 3 is 1.89 bits per heavy atom. The summed E-state index contributed by atoms with van der Waals surface area (Å²) in [5.74, 6) is -0.141. The number of hydrogen-bond donors (Lipinski definition) is 2. The molecule has 5 heteroatoms. The first kappa shape index (κ1) is 18.5. The molecule has 0 aliphatic heterocycles. The Bertz CT molecular complexity index is 878. The van der Waals surface area contributed by atoms with Crippen LogP contribution in [0.2, 0.25) is 0 Å². The molecule has 3 aromatic carbocycles. The van der Waals surface area contributed by atoms with Crippen molar-refractivity contribution in [3.05, 3.63) is 83.7 Å². The van der Waals surface area contributed by atoms with E-state index in [0.717, 1.165) is 6.29 Å². The van der Waals surface area contributed by atoms with Crippen molar-refractivity contribution < 1.29 is 19.4 Å². The van der Waals surface area contributed by atoms with E-state index in [-0.39, 0.29) is 17.3 Å². The van der Waals surface area contributed by atoms with E-state index in [1.807, 2.05) is 6.92 Å². The third-order valence-corrected chi connectivity index (χ3v) is 4.49. The monoisotopic (exact) mass is 365 g/mol. The highest BCUT2D eigenvalue weighted by Gasteiger charge is 2.25. The average Bonchev–Trinajstić information content (AvgIpc) is 2.68. The molecule has 4 nitrogen and oxygen atoms in total. The van der Waals surface area contributed by atoms with Gasteiger partial charge in [0.05, 0.1) is 0 Å². The summed E-state index contributed by atoms with van der Waals surface area (Å²) in [6, 6.07) is 16.8. The Balaban J connectivity index is 2.19. The summed E-state index contributed by atoms with van der Waals surface area (Å²) < 4.78 is 14.3. The summed E-state index contributed by atoms with van der Waals surface area (Å²) in [6.07, 6.45) is 1.22. The lowest BCUT2D eigenvalue weighted by Crippen LogP contribution is -2.26. The Kier molecular flexibility index (Phi) is 5.41. The number of hydrogen-bond acceptors (Lipinski definition) is 4. The zero-order valence-electron chi connectivity index (χ0n) is 14.8. The molecule has 0 aliphatic carbocycles. The molecule has 3 rings (SSSR count). The Morgan fingerprint density at radius 1 is 0.926 bits per heavy atom. The van der Waals surface area contributed by atoms with Crippen LogP contribution in [0.4, 0.5) is 15.8 Å². The second-order valence-electron chi connectivity index (χ2n) is 6.14.